The Morgan fingerprint density at radius 3 is 2.43 bits per heavy atom. The van der Waals surface area contributed by atoms with E-state index in [1.165, 1.54) is 7.11 Å². The molecule has 14 heavy (non-hydrogen) atoms. The first-order chi connectivity index (χ1) is 6.69. The van der Waals surface area contributed by atoms with Gasteiger partial charge in [0.05, 0.1) is 7.11 Å². The van der Waals surface area contributed by atoms with Crippen LogP contribution in [-0.2, 0) is 4.74 Å². The molecule has 0 N–H and O–H groups in total. The summed E-state index contributed by atoms with van der Waals surface area (Å²) in [6.07, 6.45) is 9.11. The fraction of sp³-hybridized carbons (Fsp3) is 0.727. The van der Waals surface area contributed by atoms with E-state index in [9.17, 15) is 4.79 Å². The molecule has 1 amide bonds. The average Bonchev–Trinajstić information content (AvgIpc) is 2.27. The molecule has 0 aromatic rings. The van der Waals surface area contributed by atoms with Crippen LogP contribution in [0.2, 0.25) is 0 Å². The highest BCUT2D eigenvalue weighted by Crippen LogP contribution is 2.26. The zero-order valence-corrected chi connectivity index (χ0v) is 8.82. The third-order valence-electron chi connectivity index (χ3n) is 2.94. The first kappa shape index (κ1) is 10.9. The number of terminal acetylenes is 1. The Labute approximate surface area is 85.4 Å². The lowest BCUT2D eigenvalue weighted by Crippen LogP contribution is -2.39. The van der Waals surface area contributed by atoms with Crippen molar-refractivity contribution in [3.63, 3.8) is 0 Å². The van der Waals surface area contributed by atoms with Gasteiger partial charge in [0.1, 0.15) is 0 Å². The minimum atomic E-state index is -0.255. The highest BCUT2D eigenvalue weighted by Gasteiger charge is 2.25. The van der Waals surface area contributed by atoms with Crippen LogP contribution in [0.3, 0.4) is 0 Å². The van der Waals surface area contributed by atoms with Crippen LogP contribution in [0.5, 0.6) is 0 Å². The highest BCUT2D eigenvalue weighted by atomic mass is 16.5. The van der Waals surface area contributed by atoms with Gasteiger partial charge in [-0.25, -0.2) is 4.79 Å². The molecule has 0 aromatic heterocycles. The Morgan fingerprint density at radius 1 is 1.43 bits per heavy atom. The molecule has 0 heterocycles. The smallest absolute Gasteiger partial charge is 0.409 e. The number of rotatable bonds is 1. The monoisotopic (exact) mass is 195 g/mol. The molecule has 0 aliphatic heterocycles. The predicted octanol–water partition coefficient (Wildman–Crippen LogP) is 1.88. The maximum absolute atomic E-state index is 11.2. The van der Waals surface area contributed by atoms with Gasteiger partial charge in [-0.2, -0.15) is 0 Å². The third kappa shape index (κ3) is 2.41. The number of carbonyl (C=O) groups is 1. The van der Waals surface area contributed by atoms with E-state index >= 15 is 0 Å². The molecule has 0 radical (unpaired) electrons. The SMILES string of the molecule is C#CC1CCC(N(C)C(=O)OC)CC1. The van der Waals surface area contributed by atoms with Crippen molar-refractivity contribution in [2.75, 3.05) is 14.2 Å². The zero-order valence-electron chi connectivity index (χ0n) is 8.82. The van der Waals surface area contributed by atoms with Crippen molar-refractivity contribution in [2.24, 2.45) is 5.92 Å². The van der Waals surface area contributed by atoms with Crippen LogP contribution in [0.25, 0.3) is 0 Å². The van der Waals surface area contributed by atoms with Gasteiger partial charge >= 0.3 is 6.09 Å². The van der Waals surface area contributed by atoms with Crippen LogP contribution < -0.4 is 0 Å². The number of amides is 1. The topological polar surface area (TPSA) is 29.5 Å². The Morgan fingerprint density at radius 2 is 2.00 bits per heavy atom. The van der Waals surface area contributed by atoms with Crippen LogP contribution in [0, 0.1) is 18.3 Å². The van der Waals surface area contributed by atoms with Crippen molar-refractivity contribution in [1.82, 2.24) is 4.90 Å². The molecule has 1 aliphatic rings. The third-order valence-corrected chi connectivity index (χ3v) is 2.94. The molecular weight excluding hydrogens is 178 g/mol. The van der Waals surface area contributed by atoms with Gasteiger partial charge in [-0.15, -0.1) is 12.3 Å². The number of carbonyl (C=O) groups excluding carboxylic acids is 1. The number of nitrogens with zero attached hydrogens (tertiary/aromatic N) is 1. The predicted molar refractivity (Wildman–Crippen MR) is 54.7 cm³/mol. The second-order valence-electron chi connectivity index (χ2n) is 3.75. The molecule has 3 nitrogen and oxygen atoms in total. The van der Waals surface area contributed by atoms with E-state index in [1.807, 2.05) is 0 Å². The van der Waals surface area contributed by atoms with Crippen molar-refractivity contribution in [1.29, 1.82) is 0 Å². The minimum absolute atomic E-state index is 0.255. The van der Waals surface area contributed by atoms with Crippen molar-refractivity contribution >= 4 is 6.09 Å². The van der Waals surface area contributed by atoms with Crippen molar-refractivity contribution < 1.29 is 9.53 Å². The molecule has 1 fully saturated rings. The molecule has 3 heteroatoms. The summed E-state index contributed by atoms with van der Waals surface area (Å²) in [4.78, 5) is 12.9. The number of hydrogen-bond acceptors (Lipinski definition) is 2. The number of methoxy groups -OCH3 is 1. The highest BCUT2D eigenvalue weighted by molar-refractivity contribution is 5.67. The molecule has 0 spiro atoms. The molecule has 1 saturated carbocycles. The standard InChI is InChI=1S/C11H17NO2/c1-4-9-5-7-10(8-6-9)12(2)11(13)14-3/h1,9-10H,5-8H2,2-3H3. The van der Waals surface area contributed by atoms with Crippen molar-refractivity contribution in [3.05, 3.63) is 0 Å². The number of hydrogen-bond donors (Lipinski definition) is 0. The molecule has 0 aromatic carbocycles. The maximum atomic E-state index is 11.2. The Bertz CT molecular complexity index is 236. The van der Waals surface area contributed by atoms with Crippen molar-refractivity contribution in [2.45, 2.75) is 31.7 Å². The second kappa shape index (κ2) is 4.90. The fourth-order valence-electron chi connectivity index (χ4n) is 1.92. The van der Waals surface area contributed by atoms with Gasteiger partial charge < -0.3 is 9.64 Å². The van der Waals surface area contributed by atoms with Gasteiger partial charge in [-0.1, -0.05) is 0 Å². The molecule has 0 atom stereocenters. The molecule has 78 valence electrons. The zero-order chi connectivity index (χ0) is 10.6. The lowest BCUT2D eigenvalue weighted by Gasteiger charge is -2.32. The van der Waals surface area contributed by atoms with Crippen molar-refractivity contribution in [3.8, 4) is 12.3 Å². The molecule has 0 saturated heterocycles. The summed E-state index contributed by atoms with van der Waals surface area (Å²) >= 11 is 0. The maximum Gasteiger partial charge on any atom is 0.409 e. The summed E-state index contributed by atoms with van der Waals surface area (Å²) in [6.45, 7) is 0. The van der Waals surface area contributed by atoms with Gasteiger partial charge in [-0.3, -0.25) is 0 Å². The summed E-state index contributed by atoms with van der Waals surface area (Å²) in [6, 6.07) is 0.298. The van der Waals surface area contributed by atoms with Crippen LogP contribution in [-0.4, -0.2) is 31.2 Å². The summed E-state index contributed by atoms with van der Waals surface area (Å²) < 4.78 is 4.67. The molecule has 1 rings (SSSR count). The first-order valence-corrected chi connectivity index (χ1v) is 4.96. The molecule has 0 unspecified atom stereocenters. The summed E-state index contributed by atoms with van der Waals surface area (Å²) in [7, 11) is 3.19. The van der Waals surface area contributed by atoms with Gasteiger partial charge in [-0.05, 0) is 25.7 Å². The second-order valence-corrected chi connectivity index (χ2v) is 3.75. The van der Waals surface area contributed by atoms with E-state index in [-0.39, 0.29) is 6.09 Å². The summed E-state index contributed by atoms with van der Waals surface area (Å²) in [5, 5.41) is 0. The van der Waals surface area contributed by atoms with Crippen LogP contribution in [0.15, 0.2) is 0 Å². The first-order valence-electron chi connectivity index (χ1n) is 4.96. The van der Waals surface area contributed by atoms with E-state index in [4.69, 9.17) is 6.42 Å². The Hall–Kier alpha value is -1.17. The van der Waals surface area contributed by atoms with Gasteiger partial charge in [0.15, 0.2) is 0 Å². The summed E-state index contributed by atoms with van der Waals surface area (Å²) in [5.74, 6) is 3.17. The van der Waals surface area contributed by atoms with E-state index in [1.54, 1.807) is 11.9 Å². The Kier molecular flexibility index (Phi) is 3.82. The minimum Gasteiger partial charge on any atom is -0.453 e. The van der Waals surface area contributed by atoms with Gasteiger partial charge in [0, 0.05) is 19.0 Å². The van der Waals surface area contributed by atoms with Gasteiger partial charge in [0.25, 0.3) is 0 Å². The van der Waals surface area contributed by atoms with E-state index in [2.05, 4.69) is 10.7 Å². The van der Waals surface area contributed by atoms with Crippen LogP contribution in [0.1, 0.15) is 25.7 Å². The molecule has 1 aliphatic carbocycles. The van der Waals surface area contributed by atoms with E-state index in [0.717, 1.165) is 25.7 Å². The normalized spacial score (nSPS) is 26.4. The lowest BCUT2D eigenvalue weighted by atomic mass is 9.86. The molecular formula is C11H17NO2. The van der Waals surface area contributed by atoms with Gasteiger partial charge in [0.2, 0.25) is 0 Å². The fourth-order valence-corrected chi connectivity index (χ4v) is 1.92. The van der Waals surface area contributed by atoms with E-state index < -0.39 is 0 Å². The number of ether oxygens (including phenoxy) is 1. The van der Waals surface area contributed by atoms with E-state index in [0.29, 0.717) is 12.0 Å². The lowest BCUT2D eigenvalue weighted by molar-refractivity contribution is 0.105. The largest absolute Gasteiger partial charge is 0.453 e. The van der Waals surface area contributed by atoms with Crippen LogP contribution in [0.4, 0.5) is 4.79 Å². The molecule has 0 bridgehead atoms. The quantitative estimate of drug-likeness (QED) is 0.598. The average molecular weight is 195 g/mol. The summed E-state index contributed by atoms with van der Waals surface area (Å²) in [5.41, 5.74) is 0. The van der Waals surface area contributed by atoms with Crippen LogP contribution >= 0.6 is 0 Å². The Balaban J connectivity index is 2.42.